The molecular weight excluding hydrogens is 188 g/mol. The molecule has 13 heavy (non-hydrogen) atoms. The molecule has 0 saturated heterocycles. The van der Waals surface area contributed by atoms with Gasteiger partial charge in [0.2, 0.25) is 0 Å². The van der Waals surface area contributed by atoms with E-state index in [9.17, 15) is 4.79 Å². The fourth-order valence-electron chi connectivity index (χ4n) is 1.07. The van der Waals surface area contributed by atoms with E-state index in [1.54, 1.807) is 5.51 Å². The number of anilines is 1. The number of aromatic nitrogens is 1. The minimum Gasteiger partial charge on any atom is -0.476 e. The van der Waals surface area contributed by atoms with Gasteiger partial charge in [-0.05, 0) is 19.8 Å². The first-order chi connectivity index (χ1) is 6.11. The summed E-state index contributed by atoms with van der Waals surface area (Å²) in [5.74, 6) is -0.965. The van der Waals surface area contributed by atoms with Crippen LogP contribution in [0, 0.1) is 0 Å². The van der Waals surface area contributed by atoms with Crippen LogP contribution in [0.2, 0.25) is 0 Å². The van der Waals surface area contributed by atoms with Crippen LogP contribution in [0.1, 0.15) is 30.3 Å². The van der Waals surface area contributed by atoms with E-state index in [2.05, 4.69) is 17.2 Å². The van der Waals surface area contributed by atoms with Gasteiger partial charge in [0.1, 0.15) is 5.00 Å². The van der Waals surface area contributed by atoms with E-state index in [4.69, 9.17) is 5.11 Å². The summed E-state index contributed by atoms with van der Waals surface area (Å²) >= 11 is 1.34. The average Bonchev–Trinajstić information content (AvgIpc) is 2.63. The molecule has 4 nitrogen and oxygen atoms in total. The van der Waals surface area contributed by atoms with Gasteiger partial charge in [0, 0.05) is 5.54 Å². The molecule has 1 heterocycles. The molecule has 2 rings (SSSR count). The SMILES string of the molecule is CC1(Nc2scnc2C(=O)O)CC1. The Labute approximate surface area is 79.6 Å². The molecule has 1 aromatic heterocycles. The summed E-state index contributed by atoms with van der Waals surface area (Å²) in [6.45, 7) is 2.08. The zero-order valence-electron chi connectivity index (χ0n) is 7.20. The largest absolute Gasteiger partial charge is 0.476 e. The number of hydrogen-bond acceptors (Lipinski definition) is 4. The third kappa shape index (κ3) is 1.65. The molecule has 0 radical (unpaired) electrons. The molecule has 1 aliphatic rings. The molecule has 1 aromatic rings. The second kappa shape index (κ2) is 2.70. The van der Waals surface area contributed by atoms with Crippen molar-refractivity contribution in [3.63, 3.8) is 0 Å². The number of hydrogen-bond donors (Lipinski definition) is 2. The molecule has 5 heteroatoms. The van der Waals surface area contributed by atoms with Crippen molar-refractivity contribution in [2.24, 2.45) is 0 Å². The molecule has 1 fully saturated rings. The van der Waals surface area contributed by atoms with Crippen LogP contribution >= 0.6 is 11.3 Å². The van der Waals surface area contributed by atoms with Gasteiger partial charge in [0.15, 0.2) is 5.69 Å². The minimum atomic E-state index is -0.965. The van der Waals surface area contributed by atoms with E-state index in [0.717, 1.165) is 12.8 Å². The normalized spacial score (nSPS) is 18.2. The highest BCUT2D eigenvalue weighted by Gasteiger charge is 2.38. The van der Waals surface area contributed by atoms with Crippen LogP contribution in [0.5, 0.6) is 0 Å². The Balaban J connectivity index is 2.19. The number of carbonyl (C=O) groups is 1. The fourth-order valence-corrected chi connectivity index (χ4v) is 1.89. The zero-order valence-corrected chi connectivity index (χ0v) is 8.02. The van der Waals surface area contributed by atoms with Gasteiger partial charge in [-0.1, -0.05) is 0 Å². The van der Waals surface area contributed by atoms with Gasteiger partial charge in [-0.3, -0.25) is 0 Å². The van der Waals surface area contributed by atoms with E-state index in [1.165, 1.54) is 11.3 Å². The van der Waals surface area contributed by atoms with Crippen molar-refractivity contribution in [3.8, 4) is 0 Å². The van der Waals surface area contributed by atoms with Gasteiger partial charge < -0.3 is 10.4 Å². The smallest absolute Gasteiger partial charge is 0.357 e. The zero-order chi connectivity index (χ0) is 9.47. The quantitative estimate of drug-likeness (QED) is 0.777. The first-order valence-corrected chi connectivity index (χ1v) is 4.94. The monoisotopic (exact) mass is 198 g/mol. The van der Waals surface area contributed by atoms with Crippen molar-refractivity contribution in [3.05, 3.63) is 11.2 Å². The molecule has 0 amide bonds. The highest BCUT2D eigenvalue weighted by molar-refractivity contribution is 7.14. The Morgan fingerprint density at radius 2 is 2.46 bits per heavy atom. The van der Waals surface area contributed by atoms with E-state index in [1.807, 2.05) is 0 Å². The highest BCUT2D eigenvalue weighted by Crippen LogP contribution is 2.39. The third-order valence-electron chi connectivity index (χ3n) is 2.19. The summed E-state index contributed by atoms with van der Waals surface area (Å²) in [5, 5.41) is 12.6. The number of aromatic carboxylic acids is 1. The number of nitrogens with one attached hydrogen (secondary N) is 1. The number of carboxylic acids is 1. The van der Waals surface area contributed by atoms with E-state index < -0.39 is 5.97 Å². The maximum Gasteiger partial charge on any atom is 0.357 e. The summed E-state index contributed by atoms with van der Waals surface area (Å²) in [7, 11) is 0. The van der Waals surface area contributed by atoms with Crippen molar-refractivity contribution in [1.29, 1.82) is 0 Å². The third-order valence-corrected chi connectivity index (χ3v) is 2.93. The maximum atomic E-state index is 10.7. The summed E-state index contributed by atoms with van der Waals surface area (Å²) in [5.41, 5.74) is 1.80. The maximum absolute atomic E-state index is 10.7. The van der Waals surface area contributed by atoms with Crippen LogP contribution in [0.3, 0.4) is 0 Å². The lowest BCUT2D eigenvalue weighted by molar-refractivity contribution is 0.0692. The lowest BCUT2D eigenvalue weighted by Crippen LogP contribution is -2.17. The molecule has 70 valence electrons. The summed E-state index contributed by atoms with van der Waals surface area (Å²) < 4.78 is 0. The van der Waals surface area contributed by atoms with Gasteiger partial charge in [-0.2, -0.15) is 0 Å². The van der Waals surface area contributed by atoms with Gasteiger partial charge in [0.25, 0.3) is 0 Å². The molecule has 0 unspecified atom stereocenters. The molecule has 1 aliphatic carbocycles. The van der Waals surface area contributed by atoms with Crippen LogP contribution in [0.25, 0.3) is 0 Å². The van der Waals surface area contributed by atoms with Crippen LogP contribution < -0.4 is 5.32 Å². The number of carboxylic acid groups (broad SMARTS) is 1. The van der Waals surface area contributed by atoms with Crippen molar-refractivity contribution in [1.82, 2.24) is 4.98 Å². The average molecular weight is 198 g/mol. The van der Waals surface area contributed by atoms with Crippen LogP contribution in [-0.4, -0.2) is 21.6 Å². The molecule has 0 aromatic carbocycles. The topological polar surface area (TPSA) is 62.2 Å². The van der Waals surface area contributed by atoms with E-state index in [0.29, 0.717) is 5.00 Å². The van der Waals surface area contributed by atoms with Crippen molar-refractivity contribution < 1.29 is 9.90 Å². The molecule has 0 aliphatic heterocycles. The van der Waals surface area contributed by atoms with Gasteiger partial charge in [0.05, 0.1) is 5.51 Å². The van der Waals surface area contributed by atoms with Gasteiger partial charge in [-0.15, -0.1) is 11.3 Å². The minimum absolute atomic E-state index is 0.108. The van der Waals surface area contributed by atoms with Crippen molar-refractivity contribution in [2.45, 2.75) is 25.3 Å². The number of nitrogens with zero attached hydrogens (tertiary/aromatic N) is 1. The predicted octanol–water partition coefficient (Wildman–Crippen LogP) is 1.81. The first-order valence-electron chi connectivity index (χ1n) is 4.06. The fraction of sp³-hybridized carbons (Fsp3) is 0.500. The molecule has 0 spiro atoms. The highest BCUT2D eigenvalue weighted by atomic mass is 32.1. The van der Waals surface area contributed by atoms with Crippen LogP contribution in [0.4, 0.5) is 5.00 Å². The standard InChI is InChI=1S/C8H10N2O2S/c1-8(2-3-8)10-6-5(7(11)12)9-4-13-6/h4,10H,2-3H2,1H3,(H,11,12). The predicted molar refractivity (Wildman–Crippen MR) is 50.3 cm³/mol. The van der Waals surface area contributed by atoms with Crippen LogP contribution in [0.15, 0.2) is 5.51 Å². The second-order valence-electron chi connectivity index (χ2n) is 3.52. The Morgan fingerprint density at radius 3 is 3.00 bits per heavy atom. The lowest BCUT2D eigenvalue weighted by atomic mass is 10.3. The van der Waals surface area contributed by atoms with Crippen molar-refractivity contribution >= 4 is 22.3 Å². The van der Waals surface area contributed by atoms with E-state index >= 15 is 0 Å². The molecular formula is C8H10N2O2S. The van der Waals surface area contributed by atoms with Gasteiger partial charge >= 0.3 is 5.97 Å². The molecule has 1 saturated carbocycles. The molecule has 0 bridgehead atoms. The van der Waals surface area contributed by atoms with Crippen LogP contribution in [-0.2, 0) is 0 Å². The first kappa shape index (κ1) is 8.50. The molecule has 2 N–H and O–H groups in total. The Kier molecular flexibility index (Phi) is 1.76. The summed E-state index contributed by atoms with van der Waals surface area (Å²) in [6, 6.07) is 0. The van der Waals surface area contributed by atoms with E-state index in [-0.39, 0.29) is 11.2 Å². The number of rotatable bonds is 3. The Morgan fingerprint density at radius 1 is 1.77 bits per heavy atom. The Bertz CT molecular complexity index is 344. The second-order valence-corrected chi connectivity index (χ2v) is 4.38. The molecule has 0 atom stereocenters. The van der Waals surface area contributed by atoms with Gasteiger partial charge in [-0.25, -0.2) is 9.78 Å². The number of thiazole rings is 1. The Hall–Kier alpha value is -1.10. The van der Waals surface area contributed by atoms with Crippen molar-refractivity contribution in [2.75, 3.05) is 5.32 Å². The summed E-state index contributed by atoms with van der Waals surface area (Å²) in [4.78, 5) is 14.5. The lowest BCUT2D eigenvalue weighted by Gasteiger charge is -2.10. The summed E-state index contributed by atoms with van der Waals surface area (Å²) in [6.07, 6.45) is 2.20.